The molecule has 0 amide bonds. The number of aryl methyl sites for hydroxylation is 1. The molecule has 0 atom stereocenters. The molecule has 0 radical (unpaired) electrons. The molecule has 10 nitrogen and oxygen atoms in total. The van der Waals surface area contributed by atoms with Gasteiger partial charge < -0.3 is 10.6 Å². The molecule has 0 unspecified atom stereocenters. The van der Waals surface area contributed by atoms with Crippen molar-refractivity contribution in [3.8, 4) is 12.3 Å². The van der Waals surface area contributed by atoms with Gasteiger partial charge in [-0.1, -0.05) is 12.0 Å². The van der Waals surface area contributed by atoms with Crippen molar-refractivity contribution in [3.05, 3.63) is 60.0 Å². The van der Waals surface area contributed by atoms with E-state index in [0.717, 1.165) is 6.20 Å². The van der Waals surface area contributed by atoms with Crippen molar-refractivity contribution in [2.75, 3.05) is 17.2 Å². The first-order valence-electron chi connectivity index (χ1n) is 9.23. The first kappa shape index (κ1) is 24.1. The van der Waals surface area contributed by atoms with Gasteiger partial charge in [0.1, 0.15) is 0 Å². The van der Waals surface area contributed by atoms with Crippen LogP contribution >= 0.6 is 0 Å². The summed E-state index contributed by atoms with van der Waals surface area (Å²) in [5, 5.41) is 10.7. The lowest BCUT2D eigenvalue weighted by Gasteiger charge is -2.11. The van der Waals surface area contributed by atoms with Gasteiger partial charge in [0.2, 0.25) is 26.0 Å². The molecule has 3 aromatic rings. The number of hydrogen-bond donors (Lipinski definition) is 4. The number of aromatic nitrogens is 2. The first-order chi connectivity index (χ1) is 15.5. The molecule has 0 aliphatic heterocycles. The fraction of sp³-hybridized carbons (Fsp3) is 0.100. The zero-order valence-corrected chi connectivity index (χ0v) is 18.8. The number of primary sulfonamides is 1. The lowest BCUT2D eigenvalue weighted by molar-refractivity contribution is 0.586. The fourth-order valence-electron chi connectivity index (χ4n) is 2.70. The highest BCUT2D eigenvalue weighted by molar-refractivity contribution is 7.89. The highest BCUT2D eigenvalue weighted by atomic mass is 32.2. The predicted molar refractivity (Wildman–Crippen MR) is 122 cm³/mol. The minimum absolute atomic E-state index is 0.0131. The number of benzene rings is 2. The van der Waals surface area contributed by atoms with Gasteiger partial charge in [0.25, 0.3) is 0 Å². The van der Waals surface area contributed by atoms with Crippen molar-refractivity contribution in [2.24, 2.45) is 5.14 Å². The molecule has 5 N–H and O–H groups in total. The van der Waals surface area contributed by atoms with Gasteiger partial charge in [-0.25, -0.2) is 31.3 Å². The van der Waals surface area contributed by atoms with E-state index in [9.17, 15) is 21.2 Å². The van der Waals surface area contributed by atoms with Crippen molar-refractivity contribution in [1.82, 2.24) is 14.7 Å². The van der Waals surface area contributed by atoms with Crippen LogP contribution in [0.5, 0.6) is 0 Å². The predicted octanol–water partition coefficient (Wildman–Crippen LogP) is 1.97. The second-order valence-corrected chi connectivity index (χ2v) is 10.0. The van der Waals surface area contributed by atoms with Gasteiger partial charge >= 0.3 is 0 Å². The van der Waals surface area contributed by atoms with Crippen molar-refractivity contribution < 1.29 is 21.2 Å². The van der Waals surface area contributed by atoms with Gasteiger partial charge in [-0.2, -0.15) is 9.71 Å². The number of sulfonamides is 2. The van der Waals surface area contributed by atoms with E-state index in [1.54, 1.807) is 19.1 Å². The Morgan fingerprint density at radius 3 is 2.36 bits per heavy atom. The van der Waals surface area contributed by atoms with Crippen LogP contribution in [-0.2, 0) is 20.0 Å². The molecule has 13 heteroatoms. The van der Waals surface area contributed by atoms with Gasteiger partial charge in [-0.3, -0.25) is 0 Å². The molecule has 0 saturated heterocycles. The minimum Gasteiger partial charge on any atom is -0.338 e. The van der Waals surface area contributed by atoms with Crippen molar-refractivity contribution in [3.63, 3.8) is 0 Å². The molecule has 0 spiro atoms. The van der Waals surface area contributed by atoms with E-state index in [4.69, 9.17) is 11.6 Å². The van der Waals surface area contributed by atoms with E-state index >= 15 is 0 Å². The lowest BCUT2D eigenvalue weighted by atomic mass is 10.2. The molecule has 1 heterocycles. The van der Waals surface area contributed by atoms with Gasteiger partial charge in [0.05, 0.1) is 22.5 Å². The van der Waals surface area contributed by atoms with E-state index in [1.807, 2.05) is 0 Å². The largest absolute Gasteiger partial charge is 0.338 e. The van der Waals surface area contributed by atoms with Crippen LogP contribution in [0.25, 0.3) is 0 Å². The maximum absolute atomic E-state index is 14.2. The van der Waals surface area contributed by atoms with Crippen molar-refractivity contribution in [2.45, 2.75) is 16.7 Å². The maximum Gasteiger partial charge on any atom is 0.241 e. The summed E-state index contributed by atoms with van der Waals surface area (Å²) in [5.41, 5.74) is 1.16. The molecular weight excluding hydrogens is 471 g/mol. The summed E-state index contributed by atoms with van der Waals surface area (Å²) in [5.74, 6) is 1.22. The summed E-state index contributed by atoms with van der Waals surface area (Å²) >= 11 is 0. The number of anilines is 4. The zero-order valence-electron chi connectivity index (χ0n) is 17.2. The normalized spacial score (nSPS) is 11.6. The summed E-state index contributed by atoms with van der Waals surface area (Å²) in [6.07, 6.45) is 5.99. The topological polar surface area (TPSA) is 156 Å². The second-order valence-electron chi connectivity index (χ2n) is 6.72. The Labute approximate surface area is 190 Å². The number of hydrogen-bond acceptors (Lipinski definition) is 8. The third-order valence-electron chi connectivity index (χ3n) is 4.29. The zero-order chi connectivity index (χ0) is 24.2. The molecule has 0 aliphatic carbocycles. The van der Waals surface area contributed by atoms with Gasteiger partial charge in [-0.05, 0) is 48.9 Å². The standard InChI is InChI=1S/C20H19FN6O4S2/c1-3-10-24-33(30,31)16-8-6-14(7-9-16)25-19-17(21)12-23-20(27-19)26-15-5-4-13(2)18(11-15)32(22,28)29/h1,4-9,11-12,24H,10H2,2H3,(H2,22,28,29)(H2,23,25,26,27). The van der Waals surface area contributed by atoms with Crippen LogP contribution in [-0.4, -0.2) is 33.3 Å². The van der Waals surface area contributed by atoms with Crippen molar-refractivity contribution >= 4 is 43.2 Å². The van der Waals surface area contributed by atoms with Crippen LogP contribution < -0.4 is 20.5 Å². The van der Waals surface area contributed by atoms with Crippen LogP contribution in [0.4, 0.5) is 27.5 Å². The molecule has 0 saturated carbocycles. The average molecular weight is 491 g/mol. The van der Waals surface area contributed by atoms with Crippen LogP contribution in [0, 0.1) is 25.1 Å². The Balaban J connectivity index is 1.81. The number of rotatable bonds is 8. The van der Waals surface area contributed by atoms with Crippen LogP contribution in [0.2, 0.25) is 0 Å². The van der Waals surface area contributed by atoms with Crippen LogP contribution in [0.15, 0.2) is 58.5 Å². The maximum atomic E-state index is 14.2. The monoisotopic (exact) mass is 490 g/mol. The molecule has 0 aliphatic rings. The third-order valence-corrected chi connectivity index (χ3v) is 6.76. The molecule has 0 fully saturated rings. The minimum atomic E-state index is -3.93. The quantitative estimate of drug-likeness (QED) is 0.349. The number of terminal acetylenes is 1. The van der Waals surface area contributed by atoms with Crippen LogP contribution in [0.3, 0.4) is 0 Å². The Hall–Kier alpha value is -3.57. The van der Waals surface area contributed by atoms with Gasteiger partial charge in [0, 0.05) is 11.4 Å². The number of nitrogens with zero attached hydrogens (tertiary/aromatic N) is 2. The highest BCUT2D eigenvalue weighted by Crippen LogP contribution is 2.24. The summed E-state index contributed by atoms with van der Waals surface area (Å²) in [6, 6.07) is 9.96. The molecule has 33 heavy (non-hydrogen) atoms. The molecule has 2 aromatic carbocycles. The molecule has 1 aromatic heterocycles. The van der Waals surface area contributed by atoms with E-state index < -0.39 is 25.9 Å². The summed E-state index contributed by atoms with van der Waals surface area (Å²) < 4.78 is 64.0. The Kier molecular flexibility index (Phi) is 6.94. The number of halogens is 1. The van der Waals surface area contributed by atoms with Gasteiger partial charge in [0.15, 0.2) is 11.6 Å². The SMILES string of the molecule is C#CCNS(=O)(=O)c1ccc(Nc2nc(Nc3ccc(C)c(S(N)(=O)=O)c3)ncc2F)cc1. The summed E-state index contributed by atoms with van der Waals surface area (Å²) in [7, 11) is -7.69. The van der Waals surface area contributed by atoms with Gasteiger partial charge in [-0.15, -0.1) is 6.42 Å². The van der Waals surface area contributed by atoms with Crippen LogP contribution in [0.1, 0.15) is 5.56 Å². The lowest BCUT2D eigenvalue weighted by Crippen LogP contribution is -2.23. The highest BCUT2D eigenvalue weighted by Gasteiger charge is 2.15. The molecule has 0 bridgehead atoms. The Morgan fingerprint density at radius 2 is 1.73 bits per heavy atom. The molecule has 3 rings (SSSR count). The summed E-state index contributed by atoms with van der Waals surface area (Å²) in [6.45, 7) is 1.45. The van der Waals surface area contributed by atoms with Crippen molar-refractivity contribution in [1.29, 1.82) is 0 Å². The first-order valence-corrected chi connectivity index (χ1v) is 12.3. The number of nitrogens with one attached hydrogen (secondary N) is 3. The van der Waals surface area contributed by atoms with E-state index in [0.29, 0.717) is 16.9 Å². The smallest absolute Gasteiger partial charge is 0.241 e. The fourth-order valence-corrected chi connectivity index (χ4v) is 4.45. The van der Waals surface area contributed by atoms with E-state index in [1.165, 1.54) is 30.3 Å². The molecular formula is C20H19FN6O4S2. The van der Waals surface area contributed by atoms with E-state index in [-0.39, 0.29) is 28.1 Å². The Morgan fingerprint density at radius 1 is 1.06 bits per heavy atom. The Bertz CT molecular complexity index is 1440. The third kappa shape index (κ3) is 6.02. The summed E-state index contributed by atoms with van der Waals surface area (Å²) in [4.78, 5) is 7.81. The molecule has 172 valence electrons. The average Bonchev–Trinajstić information content (AvgIpc) is 2.75. The number of nitrogens with two attached hydrogens (primary N) is 1. The van der Waals surface area contributed by atoms with E-state index in [2.05, 4.69) is 31.2 Å². The second kappa shape index (κ2) is 9.51.